The fourth-order valence-corrected chi connectivity index (χ4v) is 4.49. The number of nitrogens with zero attached hydrogens (tertiary/aromatic N) is 2. The molecule has 4 aromatic rings. The van der Waals surface area contributed by atoms with E-state index in [4.69, 9.17) is 39.5 Å². The van der Waals surface area contributed by atoms with Crippen LogP contribution >= 0.6 is 34.8 Å². The molecule has 0 unspecified atom stereocenters. The summed E-state index contributed by atoms with van der Waals surface area (Å²) in [6, 6.07) is 16.5. The van der Waals surface area contributed by atoms with Crippen LogP contribution in [0.5, 0.6) is 5.75 Å². The summed E-state index contributed by atoms with van der Waals surface area (Å²) in [7, 11) is 0. The van der Waals surface area contributed by atoms with Crippen molar-refractivity contribution in [1.29, 1.82) is 0 Å². The summed E-state index contributed by atoms with van der Waals surface area (Å²) < 4.78 is 46.3. The molecule has 0 saturated carbocycles. The maximum absolute atomic E-state index is 13.0. The minimum Gasteiger partial charge on any atom is -0.486 e. The molecule has 5 nitrogen and oxygen atoms in total. The second-order valence-electron chi connectivity index (χ2n) is 8.17. The maximum atomic E-state index is 13.0. The van der Waals surface area contributed by atoms with Crippen LogP contribution < -0.4 is 10.1 Å². The number of aryl methyl sites for hydroxylation is 1. The van der Waals surface area contributed by atoms with Gasteiger partial charge in [-0.1, -0.05) is 59.1 Å². The third-order valence-electron chi connectivity index (χ3n) is 5.34. The average Bonchev–Trinajstić information content (AvgIpc) is 3.16. The third kappa shape index (κ3) is 6.77. The van der Waals surface area contributed by atoms with Crippen LogP contribution in [0.25, 0.3) is 0 Å². The SMILES string of the molecule is Cc1cc(NC(=O)c2cccc(COc3c(Cl)cc(Cl)cc3Cl)c2)nn1Cc1cccc(C(F)(F)F)c1. The summed E-state index contributed by atoms with van der Waals surface area (Å²) in [6.45, 7) is 1.97. The number of halogens is 6. The standard InChI is InChI=1S/C26H19Cl3F3N3O2/c1-15-8-23(34-35(15)13-16-4-3-7-19(10-16)26(30,31)32)33-25(36)18-6-2-5-17(9-18)14-37-24-21(28)11-20(27)12-22(24)29/h2-12H,13-14H2,1H3,(H,33,34,36). The molecule has 1 heterocycles. The van der Waals surface area contributed by atoms with Crippen molar-refractivity contribution in [3.05, 3.63) is 110 Å². The molecule has 1 aromatic heterocycles. The monoisotopic (exact) mass is 567 g/mol. The Labute approximate surface area is 225 Å². The summed E-state index contributed by atoms with van der Waals surface area (Å²) in [5, 5.41) is 7.96. The molecule has 0 spiro atoms. The van der Waals surface area contributed by atoms with Gasteiger partial charge in [0.05, 0.1) is 22.2 Å². The lowest BCUT2D eigenvalue weighted by Crippen LogP contribution is -2.13. The van der Waals surface area contributed by atoms with E-state index in [1.165, 1.54) is 22.9 Å². The molecule has 0 aliphatic heterocycles. The van der Waals surface area contributed by atoms with Crippen molar-refractivity contribution in [3.8, 4) is 5.75 Å². The number of nitrogens with one attached hydrogen (secondary N) is 1. The van der Waals surface area contributed by atoms with Crippen molar-refractivity contribution in [2.24, 2.45) is 0 Å². The molecular weight excluding hydrogens is 550 g/mol. The second kappa shape index (κ2) is 11.0. The normalized spacial score (nSPS) is 11.4. The number of rotatable bonds is 7. The minimum atomic E-state index is -4.43. The van der Waals surface area contributed by atoms with Gasteiger partial charge in [-0.15, -0.1) is 0 Å². The number of hydrogen-bond acceptors (Lipinski definition) is 3. The molecule has 0 fully saturated rings. The fraction of sp³-hybridized carbons (Fsp3) is 0.154. The molecule has 0 aliphatic rings. The van der Waals surface area contributed by atoms with E-state index in [0.29, 0.717) is 27.4 Å². The minimum absolute atomic E-state index is 0.104. The van der Waals surface area contributed by atoms with Gasteiger partial charge < -0.3 is 10.1 Å². The zero-order chi connectivity index (χ0) is 26.7. The number of amides is 1. The number of alkyl halides is 3. The first-order valence-electron chi connectivity index (χ1n) is 10.9. The molecule has 3 aromatic carbocycles. The Morgan fingerprint density at radius 1 is 0.973 bits per heavy atom. The van der Waals surface area contributed by atoms with E-state index in [9.17, 15) is 18.0 Å². The zero-order valence-corrected chi connectivity index (χ0v) is 21.5. The van der Waals surface area contributed by atoms with E-state index >= 15 is 0 Å². The highest BCUT2D eigenvalue weighted by Gasteiger charge is 2.30. The summed E-state index contributed by atoms with van der Waals surface area (Å²) in [4.78, 5) is 12.8. The average molecular weight is 569 g/mol. The molecule has 11 heteroatoms. The summed E-state index contributed by atoms with van der Waals surface area (Å²) in [6.07, 6.45) is -4.43. The second-order valence-corrected chi connectivity index (χ2v) is 9.42. The largest absolute Gasteiger partial charge is 0.486 e. The van der Waals surface area contributed by atoms with Crippen molar-refractivity contribution in [3.63, 3.8) is 0 Å². The van der Waals surface area contributed by atoms with Gasteiger partial charge in [0.25, 0.3) is 5.91 Å². The van der Waals surface area contributed by atoms with Gasteiger partial charge in [0.2, 0.25) is 0 Å². The molecule has 192 valence electrons. The Hall–Kier alpha value is -3.20. The summed E-state index contributed by atoms with van der Waals surface area (Å²) in [5.74, 6) is 0.147. The number of aromatic nitrogens is 2. The Morgan fingerprint density at radius 2 is 1.65 bits per heavy atom. The number of carbonyl (C=O) groups is 1. The van der Waals surface area contributed by atoms with E-state index in [1.807, 2.05) is 0 Å². The lowest BCUT2D eigenvalue weighted by molar-refractivity contribution is -0.137. The third-order valence-corrected chi connectivity index (χ3v) is 6.12. The van der Waals surface area contributed by atoms with Crippen molar-refractivity contribution in [2.45, 2.75) is 26.3 Å². The van der Waals surface area contributed by atoms with Gasteiger partial charge in [0.15, 0.2) is 11.6 Å². The van der Waals surface area contributed by atoms with Gasteiger partial charge in [-0.3, -0.25) is 9.48 Å². The van der Waals surface area contributed by atoms with Crippen LogP contribution in [0.15, 0.2) is 66.7 Å². The van der Waals surface area contributed by atoms with Gasteiger partial charge in [-0.2, -0.15) is 18.3 Å². The van der Waals surface area contributed by atoms with Crippen LogP contribution in [0.2, 0.25) is 15.1 Å². The van der Waals surface area contributed by atoms with Crippen molar-refractivity contribution in [1.82, 2.24) is 9.78 Å². The fourth-order valence-electron chi connectivity index (χ4n) is 3.56. The quantitative estimate of drug-likeness (QED) is 0.245. The van der Waals surface area contributed by atoms with E-state index in [0.717, 1.165) is 12.1 Å². The van der Waals surface area contributed by atoms with E-state index in [-0.39, 0.29) is 34.8 Å². The molecule has 0 atom stereocenters. The highest BCUT2D eigenvalue weighted by atomic mass is 35.5. The molecule has 37 heavy (non-hydrogen) atoms. The Kier molecular flexibility index (Phi) is 8.02. The van der Waals surface area contributed by atoms with Crippen LogP contribution in [-0.2, 0) is 19.3 Å². The Bertz CT molecular complexity index is 1430. The number of anilines is 1. The first kappa shape index (κ1) is 26.9. The molecule has 4 rings (SSSR count). The highest BCUT2D eigenvalue weighted by Crippen LogP contribution is 2.36. The molecular formula is C26H19Cl3F3N3O2. The van der Waals surface area contributed by atoms with Gasteiger partial charge in [-0.05, 0) is 54.4 Å². The molecule has 1 amide bonds. The molecule has 1 N–H and O–H groups in total. The van der Waals surface area contributed by atoms with E-state index < -0.39 is 17.6 Å². The number of ether oxygens (including phenoxy) is 1. The van der Waals surface area contributed by atoms with Gasteiger partial charge in [-0.25, -0.2) is 0 Å². The Balaban J connectivity index is 1.43. The molecule has 0 aliphatic carbocycles. The first-order valence-corrected chi connectivity index (χ1v) is 12.0. The van der Waals surface area contributed by atoms with Gasteiger partial charge in [0.1, 0.15) is 6.61 Å². The van der Waals surface area contributed by atoms with Crippen molar-refractivity contribution < 1.29 is 22.7 Å². The lowest BCUT2D eigenvalue weighted by atomic mass is 10.1. The highest BCUT2D eigenvalue weighted by molar-refractivity contribution is 6.40. The van der Waals surface area contributed by atoms with Crippen LogP contribution in [0.1, 0.15) is 32.7 Å². The Morgan fingerprint density at radius 3 is 2.35 bits per heavy atom. The van der Waals surface area contributed by atoms with Crippen LogP contribution in [0.4, 0.5) is 19.0 Å². The van der Waals surface area contributed by atoms with Crippen LogP contribution in [0.3, 0.4) is 0 Å². The zero-order valence-electron chi connectivity index (χ0n) is 19.2. The number of hydrogen-bond donors (Lipinski definition) is 1. The van der Waals surface area contributed by atoms with Crippen LogP contribution in [-0.4, -0.2) is 15.7 Å². The van der Waals surface area contributed by atoms with Crippen molar-refractivity contribution >= 4 is 46.5 Å². The van der Waals surface area contributed by atoms with Gasteiger partial charge in [0, 0.05) is 22.3 Å². The lowest BCUT2D eigenvalue weighted by Gasteiger charge is -2.11. The van der Waals surface area contributed by atoms with Crippen LogP contribution in [0, 0.1) is 6.92 Å². The smallest absolute Gasteiger partial charge is 0.416 e. The number of carbonyl (C=O) groups excluding carboxylic acids is 1. The molecule has 0 bridgehead atoms. The van der Waals surface area contributed by atoms with E-state index in [1.54, 1.807) is 43.3 Å². The summed E-state index contributed by atoms with van der Waals surface area (Å²) >= 11 is 18.2. The topological polar surface area (TPSA) is 56.1 Å². The summed E-state index contributed by atoms with van der Waals surface area (Å²) in [5.41, 5.74) is 1.44. The predicted molar refractivity (Wildman–Crippen MR) is 138 cm³/mol. The maximum Gasteiger partial charge on any atom is 0.416 e. The first-order chi connectivity index (χ1) is 17.5. The molecule has 0 saturated heterocycles. The molecule has 0 radical (unpaired) electrons. The van der Waals surface area contributed by atoms with Gasteiger partial charge >= 0.3 is 6.18 Å². The predicted octanol–water partition coefficient (Wildman–Crippen LogP) is 8.05. The number of benzene rings is 3. The van der Waals surface area contributed by atoms with Crippen molar-refractivity contribution in [2.75, 3.05) is 5.32 Å². The van der Waals surface area contributed by atoms with E-state index in [2.05, 4.69) is 10.4 Å².